The summed E-state index contributed by atoms with van der Waals surface area (Å²) in [5, 5.41) is 7.97. The van der Waals surface area contributed by atoms with Gasteiger partial charge in [0.1, 0.15) is 13.2 Å². The Morgan fingerprint density at radius 1 is 1.16 bits per heavy atom. The normalized spacial score (nSPS) is 13.0. The first-order valence-electron chi connectivity index (χ1n) is 8.37. The summed E-state index contributed by atoms with van der Waals surface area (Å²) in [4.78, 5) is 14.7. The lowest BCUT2D eigenvalue weighted by atomic mass is 10.1. The highest BCUT2D eigenvalue weighted by atomic mass is 16.6. The number of carbonyl (C=O) groups is 1. The first-order valence-corrected chi connectivity index (χ1v) is 8.37. The van der Waals surface area contributed by atoms with Crippen molar-refractivity contribution in [2.24, 2.45) is 0 Å². The zero-order valence-corrected chi connectivity index (χ0v) is 14.0. The van der Waals surface area contributed by atoms with Crippen LogP contribution in [0.2, 0.25) is 0 Å². The Balaban J connectivity index is 1.59. The fourth-order valence-electron chi connectivity index (χ4n) is 3.01. The third kappa shape index (κ3) is 2.91. The number of aromatic amines is 1. The Morgan fingerprint density at radius 3 is 2.80 bits per heavy atom. The van der Waals surface area contributed by atoms with Crippen LogP contribution in [0, 0.1) is 0 Å². The van der Waals surface area contributed by atoms with Gasteiger partial charge in [-0.1, -0.05) is 24.3 Å². The van der Waals surface area contributed by atoms with E-state index in [2.05, 4.69) is 10.2 Å². The smallest absolute Gasteiger partial charge is 0.275 e. The number of nitrogens with one attached hydrogen (secondary N) is 1. The van der Waals surface area contributed by atoms with Crippen molar-refractivity contribution in [3.05, 3.63) is 53.7 Å². The lowest BCUT2D eigenvalue weighted by molar-refractivity contribution is 0.0748. The quantitative estimate of drug-likeness (QED) is 0.795. The summed E-state index contributed by atoms with van der Waals surface area (Å²) in [6.07, 6.45) is 0. The number of rotatable bonds is 4. The van der Waals surface area contributed by atoms with E-state index in [1.54, 1.807) is 4.90 Å². The molecule has 2 heterocycles. The molecule has 0 saturated heterocycles. The van der Waals surface area contributed by atoms with Crippen molar-refractivity contribution in [1.29, 1.82) is 0 Å². The molecule has 1 aliphatic rings. The molecule has 0 unspecified atom stereocenters. The third-order valence-corrected chi connectivity index (χ3v) is 4.32. The molecule has 0 atom stereocenters. The molecule has 0 aliphatic carbocycles. The number of amides is 1. The fraction of sp³-hybridized carbons (Fsp3) is 0.263. The van der Waals surface area contributed by atoms with Crippen LogP contribution in [0.3, 0.4) is 0 Å². The van der Waals surface area contributed by atoms with Crippen LogP contribution >= 0.6 is 0 Å². The fourth-order valence-corrected chi connectivity index (χ4v) is 3.01. The van der Waals surface area contributed by atoms with Gasteiger partial charge in [-0.05, 0) is 30.7 Å². The average Bonchev–Trinajstić information content (AvgIpc) is 3.09. The van der Waals surface area contributed by atoms with Crippen LogP contribution in [0.25, 0.3) is 10.9 Å². The maximum absolute atomic E-state index is 12.9. The van der Waals surface area contributed by atoms with Gasteiger partial charge in [-0.2, -0.15) is 5.10 Å². The van der Waals surface area contributed by atoms with Crippen molar-refractivity contribution < 1.29 is 14.3 Å². The second-order valence-electron chi connectivity index (χ2n) is 5.92. The van der Waals surface area contributed by atoms with Gasteiger partial charge in [0.05, 0.1) is 5.52 Å². The number of fused-ring (bicyclic) bond motifs is 2. The lowest BCUT2D eigenvalue weighted by Gasteiger charge is -2.22. The summed E-state index contributed by atoms with van der Waals surface area (Å²) in [6.45, 7) is 4.16. The van der Waals surface area contributed by atoms with Gasteiger partial charge in [0.25, 0.3) is 5.91 Å². The molecule has 0 fully saturated rings. The van der Waals surface area contributed by atoms with Crippen LogP contribution in [0.5, 0.6) is 11.5 Å². The number of ether oxygens (including phenoxy) is 2. The molecule has 0 radical (unpaired) electrons. The molecule has 25 heavy (non-hydrogen) atoms. The predicted octanol–water partition coefficient (Wildman–Crippen LogP) is 3.00. The van der Waals surface area contributed by atoms with E-state index >= 15 is 0 Å². The molecule has 2 aromatic carbocycles. The molecule has 4 rings (SSSR count). The number of hydrogen-bond acceptors (Lipinski definition) is 4. The monoisotopic (exact) mass is 337 g/mol. The van der Waals surface area contributed by atoms with E-state index in [0.29, 0.717) is 32.0 Å². The SMILES string of the molecule is CCN(Cc1ccc2c(c1)OCCO2)C(=O)c1n[nH]c2ccccc12. The summed E-state index contributed by atoms with van der Waals surface area (Å²) < 4.78 is 11.2. The molecule has 0 saturated carbocycles. The maximum atomic E-state index is 12.9. The molecule has 6 nitrogen and oxygen atoms in total. The van der Waals surface area contributed by atoms with Crippen LogP contribution in [0.15, 0.2) is 42.5 Å². The molecule has 128 valence electrons. The zero-order chi connectivity index (χ0) is 17.2. The van der Waals surface area contributed by atoms with Gasteiger partial charge >= 0.3 is 0 Å². The third-order valence-electron chi connectivity index (χ3n) is 4.32. The van der Waals surface area contributed by atoms with Gasteiger partial charge in [0.15, 0.2) is 17.2 Å². The van der Waals surface area contributed by atoms with Crippen molar-refractivity contribution in [3.8, 4) is 11.5 Å². The molecule has 0 bridgehead atoms. The summed E-state index contributed by atoms with van der Waals surface area (Å²) in [5.41, 5.74) is 2.32. The first kappa shape index (κ1) is 15.5. The average molecular weight is 337 g/mol. The van der Waals surface area contributed by atoms with E-state index in [9.17, 15) is 4.79 Å². The van der Waals surface area contributed by atoms with E-state index in [1.165, 1.54) is 0 Å². The van der Waals surface area contributed by atoms with Gasteiger partial charge in [0, 0.05) is 18.5 Å². The number of aromatic nitrogens is 2. The standard InChI is InChI=1S/C19H19N3O3/c1-2-22(12-13-7-8-16-17(11-13)25-10-9-24-16)19(23)18-14-5-3-4-6-15(14)20-21-18/h3-8,11H,2,9-10,12H2,1H3,(H,20,21). The van der Waals surface area contributed by atoms with Crippen molar-refractivity contribution in [2.45, 2.75) is 13.5 Å². The highest BCUT2D eigenvalue weighted by Gasteiger charge is 2.21. The number of benzene rings is 2. The maximum Gasteiger partial charge on any atom is 0.275 e. The number of H-pyrrole nitrogens is 1. The Bertz CT molecular complexity index is 919. The largest absolute Gasteiger partial charge is 0.486 e. The minimum absolute atomic E-state index is 0.0881. The van der Waals surface area contributed by atoms with Gasteiger partial charge in [-0.3, -0.25) is 9.89 Å². The van der Waals surface area contributed by atoms with Gasteiger partial charge in [-0.15, -0.1) is 0 Å². The molecule has 1 N–H and O–H groups in total. The van der Waals surface area contributed by atoms with E-state index < -0.39 is 0 Å². The molecule has 0 spiro atoms. The summed E-state index contributed by atoms with van der Waals surface area (Å²) in [7, 11) is 0. The van der Waals surface area contributed by atoms with Crippen LogP contribution in [-0.2, 0) is 6.54 Å². The highest BCUT2D eigenvalue weighted by molar-refractivity contribution is 6.04. The minimum atomic E-state index is -0.0881. The van der Waals surface area contributed by atoms with Crippen molar-refractivity contribution >= 4 is 16.8 Å². The molecule has 3 aromatic rings. The Morgan fingerprint density at radius 2 is 1.96 bits per heavy atom. The van der Waals surface area contributed by atoms with Gasteiger partial charge < -0.3 is 14.4 Å². The summed E-state index contributed by atoms with van der Waals surface area (Å²) in [6, 6.07) is 13.4. The molecule has 6 heteroatoms. The second kappa shape index (κ2) is 6.47. The number of carbonyl (C=O) groups excluding carboxylic acids is 1. The minimum Gasteiger partial charge on any atom is -0.486 e. The van der Waals surface area contributed by atoms with E-state index in [-0.39, 0.29) is 5.91 Å². The van der Waals surface area contributed by atoms with Crippen molar-refractivity contribution in [1.82, 2.24) is 15.1 Å². The van der Waals surface area contributed by atoms with Gasteiger partial charge in [0.2, 0.25) is 0 Å². The van der Waals surface area contributed by atoms with Crippen LogP contribution in [-0.4, -0.2) is 40.8 Å². The van der Waals surface area contributed by atoms with E-state index in [0.717, 1.165) is 28.0 Å². The number of hydrogen-bond donors (Lipinski definition) is 1. The highest BCUT2D eigenvalue weighted by Crippen LogP contribution is 2.31. The van der Waals surface area contributed by atoms with Crippen LogP contribution in [0.4, 0.5) is 0 Å². The second-order valence-corrected chi connectivity index (χ2v) is 5.92. The van der Waals surface area contributed by atoms with Crippen LogP contribution < -0.4 is 9.47 Å². The Labute approximate surface area is 145 Å². The molecule has 1 aromatic heterocycles. The molecular weight excluding hydrogens is 318 g/mol. The van der Waals surface area contributed by atoms with E-state index in [1.807, 2.05) is 49.4 Å². The first-order chi connectivity index (χ1) is 12.3. The molecule has 1 aliphatic heterocycles. The Hall–Kier alpha value is -3.02. The van der Waals surface area contributed by atoms with Crippen molar-refractivity contribution in [2.75, 3.05) is 19.8 Å². The molecular formula is C19H19N3O3. The van der Waals surface area contributed by atoms with Crippen molar-refractivity contribution in [3.63, 3.8) is 0 Å². The van der Waals surface area contributed by atoms with Gasteiger partial charge in [-0.25, -0.2) is 0 Å². The number of nitrogens with zero attached hydrogens (tertiary/aromatic N) is 2. The topological polar surface area (TPSA) is 67.5 Å². The molecule has 1 amide bonds. The predicted molar refractivity (Wildman–Crippen MR) is 93.9 cm³/mol. The lowest BCUT2D eigenvalue weighted by Crippen LogP contribution is -2.30. The summed E-state index contributed by atoms with van der Waals surface area (Å²) in [5.74, 6) is 1.40. The zero-order valence-electron chi connectivity index (χ0n) is 14.0. The van der Waals surface area contributed by atoms with Crippen LogP contribution in [0.1, 0.15) is 23.0 Å². The summed E-state index contributed by atoms with van der Waals surface area (Å²) >= 11 is 0. The Kier molecular flexibility index (Phi) is 4.01. The number of para-hydroxylation sites is 1. The van der Waals surface area contributed by atoms with E-state index in [4.69, 9.17) is 9.47 Å².